The molecule has 0 spiro atoms. The molecule has 176 valence electrons. The van der Waals surface area contributed by atoms with Crippen molar-refractivity contribution in [2.24, 2.45) is 4.99 Å². The zero-order valence-electron chi connectivity index (χ0n) is 19.3. The molecule has 0 saturated heterocycles. The summed E-state index contributed by atoms with van der Waals surface area (Å²) < 4.78 is 20.1. The largest absolute Gasteiger partial charge is 0.497 e. The van der Waals surface area contributed by atoms with E-state index >= 15 is 0 Å². The van der Waals surface area contributed by atoms with Crippen molar-refractivity contribution in [2.75, 3.05) is 19.4 Å². The topological polar surface area (TPSA) is 88.1 Å². The van der Waals surface area contributed by atoms with E-state index in [0.29, 0.717) is 29.2 Å². The molecule has 0 radical (unpaired) electrons. The van der Waals surface area contributed by atoms with Gasteiger partial charge in [-0.25, -0.2) is 14.1 Å². The van der Waals surface area contributed by atoms with E-state index in [4.69, 9.17) is 4.74 Å². The normalized spacial score (nSPS) is 11.7. The molecule has 0 aliphatic heterocycles. The maximum atomic E-state index is 13.4. The number of hydrogen-bond acceptors (Lipinski definition) is 5. The van der Waals surface area contributed by atoms with Gasteiger partial charge in [0.15, 0.2) is 0 Å². The summed E-state index contributed by atoms with van der Waals surface area (Å²) >= 11 is 1.74. The number of nitrogens with one attached hydrogen (secondary N) is 2. The second kappa shape index (κ2) is 10.6. The second-order valence-electron chi connectivity index (χ2n) is 7.70. The smallest absolute Gasteiger partial charge is 0.280 e. The van der Waals surface area contributed by atoms with Crippen LogP contribution in [0, 0.1) is 12.7 Å². The summed E-state index contributed by atoms with van der Waals surface area (Å²) in [6.45, 7) is 4.42. The Labute approximate surface area is 201 Å². The number of halogens is 1. The van der Waals surface area contributed by atoms with Crippen molar-refractivity contribution in [1.29, 1.82) is 0 Å². The van der Waals surface area contributed by atoms with Crippen LogP contribution in [0.5, 0.6) is 5.75 Å². The molecule has 0 bridgehead atoms. The molecule has 0 fully saturated rings. The first-order valence-corrected chi connectivity index (χ1v) is 12.0. The van der Waals surface area contributed by atoms with Gasteiger partial charge in [0.05, 0.1) is 36.1 Å². The third-order valence-corrected chi connectivity index (χ3v) is 6.42. The lowest BCUT2D eigenvalue weighted by Gasteiger charge is -2.05. The predicted molar refractivity (Wildman–Crippen MR) is 135 cm³/mol. The second-order valence-corrected chi connectivity index (χ2v) is 8.81. The highest BCUT2D eigenvalue weighted by molar-refractivity contribution is 7.98. The number of imidazole rings is 1. The van der Waals surface area contributed by atoms with Crippen LogP contribution in [0.4, 0.5) is 4.39 Å². The SMILES string of the molecule is COc1ccc(-c2[nH]n(-c3ccc(F)cc3)c(=O)c2C(C)=NCCSCc2nc[nH]c2C)cc1. The number of benzene rings is 2. The molecule has 0 amide bonds. The van der Waals surface area contributed by atoms with Gasteiger partial charge >= 0.3 is 0 Å². The van der Waals surface area contributed by atoms with Crippen LogP contribution in [0.3, 0.4) is 0 Å². The number of thioether (sulfide) groups is 1. The number of nitrogens with zero attached hydrogens (tertiary/aromatic N) is 3. The Morgan fingerprint density at radius 1 is 1.18 bits per heavy atom. The lowest BCUT2D eigenvalue weighted by molar-refractivity contribution is 0.415. The van der Waals surface area contributed by atoms with Crippen LogP contribution in [-0.2, 0) is 5.75 Å². The monoisotopic (exact) mass is 479 g/mol. The zero-order valence-corrected chi connectivity index (χ0v) is 20.1. The van der Waals surface area contributed by atoms with E-state index in [9.17, 15) is 9.18 Å². The fourth-order valence-corrected chi connectivity index (χ4v) is 4.42. The van der Waals surface area contributed by atoms with Crippen molar-refractivity contribution in [3.05, 3.63) is 88.0 Å². The lowest BCUT2D eigenvalue weighted by atomic mass is 10.1. The molecule has 0 atom stereocenters. The highest BCUT2D eigenvalue weighted by Crippen LogP contribution is 2.24. The number of H-pyrrole nitrogens is 2. The Bertz CT molecular complexity index is 1340. The van der Waals surface area contributed by atoms with Gasteiger partial charge in [0, 0.05) is 35.0 Å². The highest BCUT2D eigenvalue weighted by Gasteiger charge is 2.19. The number of hydrogen-bond donors (Lipinski definition) is 2. The first-order chi connectivity index (χ1) is 16.5. The summed E-state index contributed by atoms with van der Waals surface area (Å²) in [4.78, 5) is 25.5. The molecule has 4 rings (SSSR count). The standard InChI is InChI=1S/C25H26FN5O2S/c1-16-22(29-15-28-16)14-34-13-12-27-17(2)23-24(18-4-10-21(33-3)11-5-18)30-31(25(23)32)20-8-6-19(26)7-9-20/h4-11,15,30H,12-14H2,1-3H3,(H,28,29). The Balaban J connectivity index is 1.61. The van der Waals surface area contributed by atoms with Gasteiger partial charge in [-0.1, -0.05) is 0 Å². The van der Waals surface area contributed by atoms with E-state index in [1.165, 1.54) is 16.8 Å². The Kier molecular flexibility index (Phi) is 7.32. The van der Waals surface area contributed by atoms with Crippen LogP contribution in [0.15, 0.2) is 64.6 Å². The quantitative estimate of drug-likeness (QED) is 0.268. The van der Waals surface area contributed by atoms with Gasteiger partial charge in [-0.3, -0.25) is 14.9 Å². The van der Waals surface area contributed by atoms with Crippen LogP contribution in [0.2, 0.25) is 0 Å². The van der Waals surface area contributed by atoms with Gasteiger partial charge in [-0.05, 0) is 62.4 Å². The molecule has 0 aliphatic carbocycles. The number of methoxy groups -OCH3 is 1. The minimum absolute atomic E-state index is 0.238. The Morgan fingerprint density at radius 3 is 2.56 bits per heavy atom. The summed E-state index contributed by atoms with van der Waals surface area (Å²) in [5.41, 5.74) is 5.03. The molecule has 2 heterocycles. The van der Waals surface area contributed by atoms with E-state index in [2.05, 4.69) is 20.1 Å². The van der Waals surface area contributed by atoms with Crippen LogP contribution in [-0.4, -0.2) is 44.9 Å². The zero-order chi connectivity index (χ0) is 24.1. The molecular formula is C25H26FN5O2S. The molecule has 2 N–H and O–H groups in total. The molecule has 4 aromatic rings. The summed E-state index contributed by atoms with van der Waals surface area (Å²) in [6, 6.07) is 13.2. The van der Waals surface area contributed by atoms with Crippen molar-refractivity contribution in [3.8, 4) is 22.7 Å². The van der Waals surface area contributed by atoms with Crippen molar-refractivity contribution in [2.45, 2.75) is 19.6 Å². The molecule has 0 unspecified atom stereocenters. The van der Waals surface area contributed by atoms with Crippen molar-refractivity contribution in [1.82, 2.24) is 19.7 Å². The van der Waals surface area contributed by atoms with Crippen LogP contribution in [0.25, 0.3) is 16.9 Å². The fraction of sp³-hybridized carbons (Fsp3) is 0.240. The first kappa shape index (κ1) is 23.6. The van der Waals surface area contributed by atoms with Crippen LogP contribution in [0.1, 0.15) is 23.9 Å². The Hall–Kier alpha value is -3.59. The van der Waals surface area contributed by atoms with Crippen LogP contribution >= 0.6 is 11.8 Å². The number of ether oxygens (including phenoxy) is 1. The number of aromatic nitrogens is 4. The van der Waals surface area contributed by atoms with Gasteiger partial charge in [-0.15, -0.1) is 0 Å². The lowest BCUT2D eigenvalue weighted by Crippen LogP contribution is -2.20. The third-order valence-electron chi connectivity index (χ3n) is 5.47. The van der Waals surface area contributed by atoms with Gasteiger partial charge in [0.2, 0.25) is 0 Å². The van der Waals surface area contributed by atoms with Crippen LogP contribution < -0.4 is 10.3 Å². The van der Waals surface area contributed by atoms with Crippen molar-refractivity contribution in [3.63, 3.8) is 0 Å². The van der Waals surface area contributed by atoms with Crippen molar-refractivity contribution < 1.29 is 9.13 Å². The summed E-state index contributed by atoms with van der Waals surface area (Å²) in [7, 11) is 1.61. The third kappa shape index (κ3) is 5.14. The molecule has 2 aromatic carbocycles. The maximum Gasteiger partial charge on any atom is 0.280 e. The van der Waals surface area contributed by atoms with E-state index in [0.717, 1.165) is 34.2 Å². The molecule has 9 heteroatoms. The molecule has 2 aromatic heterocycles. The maximum absolute atomic E-state index is 13.4. The molecule has 34 heavy (non-hydrogen) atoms. The van der Waals surface area contributed by atoms with Gasteiger partial charge in [0.25, 0.3) is 5.56 Å². The van der Waals surface area contributed by atoms with Gasteiger partial charge in [-0.2, -0.15) is 11.8 Å². The summed E-state index contributed by atoms with van der Waals surface area (Å²) in [6.07, 6.45) is 1.70. The molecule has 0 saturated carbocycles. The average Bonchev–Trinajstić information content (AvgIpc) is 3.42. The summed E-state index contributed by atoms with van der Waals surface area (Å²) in [5, 5.41) is 3.19. The molecule has 7 nitrogen and oxygen atoms in total. The minimum Gasteiger partial charge on any atom is -0.497 e. The van der Waals surface area contributed by atoms with Gasteiger partial charge < -0.3 is 9.72 Å². The average molecular weight is 480 g/mol. The van der Waals surface area contributed by atoms with Gasteiger partial charge in [0.1, 0.15) is 11.6 Å². The highest BCUT2D eigenvalue weighted by atomic mass is 32.2. The number of aryl methyl sites for hydroxylation is 1. The summed E-state index contributed by atoms with van der Waals surface area (Å²) in [5.74, 6) is 1.97. The van der Waals surface area contributed by atoms with E-state index in [-0.39, 0.29) is 11.4 Å². The van der Waals surface area contributed by atoms with E-state index < -0.39 is 0 Å². The van der Waals surface area contributed by atoms with E-state index in [1.54, 1.807) is 37.3 Å². The van der Waals surface area contributed by atoms with E-state index in [1.807, 2.05) is 38.1 Å². The first-order valence-electron chi connectivity index (χ1n) is 10.8. The Morgan fingerprint density at radius 2 is 1.91 bits per heavy atom. The molecule has 0 aliphatic rings. The number of rotatable bonds is 9. The number of aromatic amines is 2. The predicted octanol–water partition coefficient (Wildman–Crippen LogP) is 4.75. The molecular weight excluding hydrogens is 453 g/mol. The number of aliphatic imine (C=N–C) groups is 1. The minimum atomic E-state index is -0.362. The fourth-order valence-electron chi connectivity index (χ4n) is 3.57. The van der Waals surface area contributed by atoms with Crippen molar-refractivity contribution >= 4 is 17.5 Å².